The third kappa shape index (κ3) is 4.79. The number of rotatable bonds is 7. The zero-order chi connectivity index (χ0) is 24.2. The first-order chi connectivity index (χ1) is 16.3. The van der Waals surface area contributed by atoms with Gasteiger partial charge in [0, 0.05) is 28.0 Å². The molecule has 172 valence electrons. The van der Waals surface area contributed by atoms with E-state index in [4.69, 9.17) is 16.3 Å². The highest BCUT2D eigenvalue weighted by molar-refractivity contribution is 6.33. The number of carboxylic acids is 1. The Morgan fingerprint density at radius 2 is 1.85 bits per heavy atom. The van der Waals surface area contributed by atoms with E-state index in [2.05, 4.69) is 10.5 Å². The lowest BCUT2D eigenvalue weighted by Crippen LogP contribution is -2.24. The second-order valence-corrected chi connectivity index (χ2v) is 8.10. The molecule has 0 aliphatic heterocycles. The van der Waals surface area contributed by atoms with Crippen LogP contribution in [-0.2, 0) is 4.79 Å². The summed E-state index contributed by atoms with van der Waals surface area (Å²) >= 11 is 6.13. The van der Waals surface area contributed by atoms with Crippen molar-refractivity contribution < 1.29 is 19.4 Å². The molecule has 1 aromatic heterocycles. The highest BCUT2D eigenvalue weighted by Crippen LogP contribution is 2.26. The molecule has 0 atom stereocenters. The number of hydrazone groups is 1. The quantitative estimate of drug-likeness (QED) is 0.286. The van der Waals surface area contributed by atoms with Crippen molar-refractivity contribution in [2.24, 2.45) is 5.10 Å². The standard InChI is InChI=1S/C26H22ClN3O4/c1-16-12-19(17(2)30(16)20-10-11-22(26(32)33)23(27)13-20)14-28-29-25(31)15-34-24-9-5-7-18-6-3-4-8-21(18)24/h3-14H,15H2,1-2H3,(H,29,31)(H,32,33)/b28-14+. The molecule has 0 aliphatic carbocycles. The van der Waals surface area contributed by atoms with Crippen LogP contribution in [0.25, 0.3) is 16.5 Å². The Morgan fingerprint density at radius 3 is 2.62 bits per heavy atom. The van der Waals surface area contributed by atoms with E-state index in [9.17, 15) is 14.7 Å². The summed E-state index contributed by atoms with van der Waals surface area (Å²) in [4.78, 5) is 23.4. The molecule has 1 amide bonds. The summed E-state index contributed by atoms with van der Waals surface area (Å²) in [6, 6.07) is 20.2. The Bertz CT molecular complexity index is 1420. The van der Waals surface area contributed by atoms with Crippen molar-refractivity contribution in [1.82, 2.24) is 9.99 Å². The fourth-order valence-electron chi connectivity index (χ4n) is 3.80. The van der Waals surface area contributed by atoms with Gasteiger partial charge in [-0.15, -0.1) is 0 Å². The molecule has 1 heterocycles. The van der Waals surface area contributed by atoms with E-state index in [1.807, 2.05) is 66.9 Å². The van der Waals surface area contributed by atoms with Gasteiger partial charge < -0.3 is 14.4 Å². The fraction of sp³-hybridized carbons (Fsp3) is 0.115. The second kappa shape index (κ2) is 9.80. The van der Waals surface area contributed by atoms with Gasteiger partial charge in [-0.05, 0) is 49.6 Å². The minimum atomic E-state index is -1.08. The molecular weight excluding hydrogens is 454 g/mol. The number of hydrogen-bond donors (Lipinski definition) is 2. The van der Waals surface area contributed by atoms with Crippen LogP contribution in [0.3, 0.4) is 0 Å². The third-order valence-electron chi connectivity index (χ3n) is 5.41. The number of nitrogens with zero attached hydrogens (tertiary/aromatic N) is 2. The lowest BCUT2D eigenvalue weighted by Gasteiger charge is -2.11. The molecule has 7 nitrogen and oxygen atoms in total. The number of benzene rings is 3. The second-order valence-electron chi connectivity index (χ2n) is 7.69. The van der Waals surface area contributed by atoms with Crippen LogP contribution >= 0.6 is 11.6 Å². The van der Waals surface area contributed by atoms with Crippen LogP contribution in [0.5, 0.6) is 5.75 Å². The summed E-state index contributed by atoms with van der Waals surface area (Å²) in [6.07, 6.45) is 1.56. The van der Waals surface area contributed by atoms with Gasteiger partial charge in [-0.3, -0.25) is 4.79 Å². The van der Waals surface area contributed by atoms with E-state index in [0.717, 1.165) is 33.4 Å². The number of carboxylic acid groups (broad SMARTS) is 1. The maximum atomic E-state index is 12.2. The van der Waals surface area contributed by atoms with Gasteiger partial charge in [0.1, 0.15) is 5.75 Å². The Kier molecular flexibility index (Phi) is 6.65. The van der Waals surface area contributed by atoms with Gasteiger partial charge in [0.05, 0.1) is 16.8 Å². The molecule has 0 aliphatic rings. The minimum Gasteiger partial charge on any atom is -0.483 e. The average molecular weight is 476 g/mol. The molecule has 4 aromatic rings. The Hall–Kier alpha value is -4.10. The highest BCUT2D eigenvalue weighted by Gasteiger charge is 2.14. The van der Waals surface area contributed by atoms with E-state index in [1.165, 1.54) is 6.07 Å². The maximum Gasteiger partial charge on any atom is 0.337 e. The van der Waals surface area contributed by atoms with Crippen LogP contribution in [0.1, 0.15) is 27.3 Å². The Morgan fingerprint density at radius 1 is 1.09 bits per heavy atom. The first-order valence-electron chi connectivity index (χ1n) is 10.5. The van der Waals surface area contributed by atoms with Crippen molar-refractivity contribution in [2.75, 3.05) is 6.61 Å². The first kappa shape index (κ1) is 23.1. The molecule has 8 heteroatoms. The number of halogens is 1. The van der Waals surface area contributed by atoms with Crippen molar-refractivity contribution in [3.63, 3.8) is 0 Å². The normalized spacial score (nSPS) is 11.1. The van der Waals surface area contributed by atoms with Crippen LogP contribution in [0.4, 0.5) is 0 Å². The molecule has 0 fully saturated rings. The van der Waals surface area contributed by atoms with Crippen LogP contribution < -0.4 is 10.2 Å². The largest absolute Gasteiger partial charge is 0.483 e. The summed E-state index contributed by atoms with van der Waals surface area (Å²) in [6.45, 7) is 3.65. The summed E-state index contributed by atoms with van der Waals surface area (Å²) in [5.74, 6) is -0.826. The zero-order valence-corrected chi connectivity index (χ0v) is 19.3. The Labute approximate surface area is 201 Å². The molecule has 2 N–H and O–H groups in total. The number of fused-ring (bicyclic) bond motifs is 1. The van der Waals surface area contributed by atoms with Gasteiger partial charge in [0.25, 0.3) is 5.91 Å². The SMILES string of the molecule is Cc1cc(/C=N/NC(=O)COc2cccc3ccccc23)c(C)n1-c1ccc(C(=O)O)c(Cl)c1. The van der Waals surface area contributed by atoms with Crippen LogP contribution in [0.2, 0.25) is 5.02 Å². The van der Waals surface area contributed by atoms with E-state index in [0.29, 0.717) is 5.75 Å². The van der Waals surface area contributed by atoms with E-state index in [-0.39, 0.29) is 23.1 Å². The third-order valence-corrected chi connectivity index (χ3v) is 5.73. The van der Waals surface area contributed by atoms with Gasteiger partial charge in [-0.2, -0.15) is 5.10 Å². The molecule has 0 spiro atoms. The molecular formula is C26H22ClN3O4. The van der Waals surface area contributed by atoms with Crippen molar-refractivity contribution in [3.8, 4) is 11.4 Å². The number of aromatic carboxylic acids is 1. The van der Waals surface area contributed by atoms with Crippen LogP contribution in [0, 0.1) is 13.8 Å². The van der Waals surface area contributed by atoms with Crippen molar-refractivity contribution in [3.05, 3.63) is 94.3 Å². The van der Waals surface area contributed by atoms with Crippen LogP contribution in [-0.4, -0.2) is 34.4 Å². The van der Waals surface area contributed by atoms with E-state index >= 15 is 0 Å². The average Bonchev–Trinajstić information content (AvgIpc) is 3.10. The summed E-state index contributed by atoms with van der Waals surface area (Å²) in [5, 5.41) is 15.4. The van der Waals surface area contributed by atoms with E-state index in [1.54, 1.807) is 18.3 Å². The fourth-order valence-corrected chi connectivity index (χ4v) is 4.06. The number of hydrogen-bond acceptors (Lipinski definition) is 4. The molecule has 34 heavy (non-hydrogen) atoms. The molecule has 0 bridgehead atoms. The van der Waals surface area contributed by atoms with Crippen molar-refractivity contribution >= 4 is 40.5 Å². The number of aryl methyl sites for hydroxylation is 1. The predicted octanol–water partition coefficient (Wildman–Crippen LogP) is 5.13. The summed E-state index contributed by atoms with van der Waals surface area (Å²) in [5.41, 5.74) is 5.83. The molecule has 0 saturated heterocycles. The molecule has 0 radical (unpaired) electrons. The summed E-state index contributed by atoms with van der Waals surface area (Å²) in [7, 11) is 0. The lowest BCUT2D eigenvalue weighted by molar-refractivity contribution is -0.123. The monoisotopic (exact) mass is 475 g/mol. The highest BCUT2D eigenvalue weighted by atomic mass is 35.5. The maximum absolute atomic E-state index is 12.2. The van der Waals surface area contributed by atoms with Crippen molar-refractivity contribution in [2.45, 2.75) is 13.8 Å². The van der Waals surface area contributed by atoms with Gasteiger partial charge in [0.2, 0.25) is 0 Å². The Balaban J connectivity index is 1.43. The number of carbonyl (C=O) groups excluding carboxylic acids is 1. The first-order valence-corrected chi connectivity index (χ1v) is 10.9. The number of amides is 1. The number of aromatic nitrogens is 1. The predicted molar refractivity (Wildman–Crippen MR) is 132 cm³/mol. The number of carbonyl (C=O) groups is 2. The van der Waals surface area contributed by atoms with Crippen molar-refractivity contribution in [1.29, 1.82) is 0 Å². The lowest BCUT2D eigenvalue weighted by atomic mass is 10.1. The number of ether oxygens (including phenoxy) is 1. The van der Waals surface area contributed by atoms with E-state index < -0.39 is 5.97 Å². The summed E-state index contributed by atoms with van der Waals surface area (Å²) < 4.78 is 7.62. The molecule has 4 rings (SSSR count). The topological polar surface area (TPSA) is 92.9 Å². The molecule has 0 saturated carbocycles. The van der Waals surface area contributed by atoms with Gasteiger partial charge in [-0.25, -0.2) is 10.2 Å². The molecule has 3 aromatic carbocycles. The molecule has 0 unspecified atom stereocenters. The number of nitrogens with one attached hydrogen (secondary N) is 1. The van der Waals surface area contributed by atoms with Gasteiger partial charge >= 0.3 is 5.97 Å². The smallest absolute Gasteiger partial charge is 0.337 e. The van der Waals surface area contributed by atoms with Gasteiger partial charge in [0.15, 0.2) is 6.61 Å². The van der Waals surface area contributed by atoms with Crippen LogP contribution in [0.15, 0.2) is 71.8 Å². The van der Waals surface area contributed by atoms with Gasteiger partial charge in [-0.1, -0.05) is 48.0 Å². The zero-order valence-electron chi connectivity index (χ0n) is 18.6. The minimum absolute atomic E-state index is 0.0445.